The summed E-state index contributed by atoms with van der Waals surface area (Å²) in [5.41, 5.74) is 6.44. The highest BCUT2D eigenvalue weighted by atomic mass is 33.1. The van der Waals surface area contributed by atoms with Gasteiger partial charge in [-0.3, -0.25) is 19.3 Å². The minimum absolute atomic E-state index is 0.0169. The van der Waals surface area contributed by atoms with Crippen molar-refractivity contribution in [3.8, 4) is 0 Å². The lowest BCUT2D eigenvalue weighted by atomic mass is 9.93. The van der Waals surface area contributed by atoms with Crippen molar-refractivity contribution in [3.05, 3.63) is 47.3 Å². The normalized spacial score (nSPS) is 20.9. The van der Waals surface area contributed by atoms with E-state index in [9.17, 15) is 38.6 Å². The summed E-state index contributed by atoms with van der Waals surface area (Å²) in [6.07, 6.45) is 3.10. The molecular weight excluding hydrogens is 561 g/mol. The van der Waals surface area contributed by atoms with Crippen LogP contribution in [-0.2, 0) is 24.0 Å². The Labute approximate surface area is 239 Å². The first-order valence-corrected chi connectivity index (χ1v) is 15.4. The fraction of sp³-hybridized carbons (Fsp3) is 0.519. The Hall–Kier alpha value is -2.74. The predicted octanol–water partition coefficient (Wildman–Crippen LogP) is 2.58. The van der Waals surface area contributed by atoms with E-state index in [-0.39, 0.29) is 53.4 Å². The Kier molecular flexibility index (Phi) is 11.7. The van der Waals surface area contributed by atoms with Crippen LogP contribution in [0.4, 0.5) is 4.39 Å². The summed E-state index contributed by atoms with van der Waals surface area (Å²) >= 11 is 0. The number of nitrogens with two attached hydrogens (primary N) is 1. The molecule has 10 nitrogen and oxygen atoms in total. The summed E-state index contributed by atoms with van der Waals surface area (Å²) < 4.78 is 14.7. The van der Waals surface area contributed by atoms with Gasteiger partial charge in [-0.15, -0.1) is 0 Å². The number of piperidine rings is 1. The third-order valence-corrected chi connectivity index (χ3v) is 9.75. The first-order valence-electron chi connectivity index (χ1n) is 13.0. The maximum absolute atomic E-state index is 14.7. The van der Waals surface area contributed by atoms with Gasteiger partial charge in [0.2, 0.25) is 5.91 Å². The Morgan fingerprint density at radius 3 is 2.48 bits per heavy atom. The minimum Gasteiger partial charge on any atom is -0.480 e. The molecule has 0 bridgehead atoms. The zero-order valence-electron chi connectivity index (χ0n) is 22.1. The molecule has 2 aliphatic rings. The van der Waals surface area contributed by atoms with Crippen molar-refractivity contribution in [2.24, 2.45) is 11.7 Å². The lowest BCUT2D eigenvalue weighted by Crippen LogP contribution is -2.44. The van der Waals surface area contributed by atoms with E-state index in [0.717, 1.165) is 18.9 Å². The smallest absolute Gasteiger partial charge is 0.328 e. The molecule has 40 heavy (non-hydrogen) atoms. The number of amides is 1. The number of aliphatic carboxylic acids is 2. The molecule has 3 rings (SSSR count). The van der Waals surface area contributed by atoms with Crippen molar-refractivity contribution in [2.75, 3.05) is 18.8 Å². The topological polar surface area (TPSA) is 167 Å². The highest BCUT2D eigenvalue weighted by molar-refractivity contribution is 8.77. The summed E-state index contributed by atoms with van der Waals surface area (Å²) in [7, 11) is 2.49. The highest BCUT2D eigenvalue weighted by Crippen LogP contribution is 2.42. The van der Waals surface area contributed by atoms with E-state index in [1.54, 1.807) is 18.2 Å². The average molecular weight is 596 g/mol. The molecule has 0 spiro atoms. The molecule has 1 heterocycles. The number of Topliss-reactive ketones (excluding diaryl/α,β-unsaturated/α-hetero) is 2. The van der Waals surface area contributed by atoms with Crippen molar-refractivity contribution < 1.29 is 38.6 Å². The average Bonchev–Trinajstić information content (AvgIpc) is 3.74. The van der Waals surface area contributed by atoms with E-state index < -0.39 is 41.8 Å². The van der Waals surface area contributed by atoms with Crippen LogP contribution in [0.2, 0.25) is 0 Å². The van der Waals surface area contributed by atoms with Gasteiger partial charge < -0.3 is 21.3 Å². The van der Waals surface area contributed by atoms with E-state index in [1.807, 2.05) is 4.90 Å². The lowest BCUT2D eigenvalue weighted by molar-refractivity contribution is -0.141. The van der Waals surface area contributed by atoms with E-state index in [2.05, 4.69) is 5.32 Å². The van der Waals surface area contributed by atoms with Crippen molar-refractivity contribution >= 4 is 51.0 Å². The molecule has 13 heteroatoms. The van der Waals surface area contributed by atoms with Crippen LogP contribution in [0.25, 0.3) is 0 Å². The van der Waals surface area contributed by atoms with Crippen LogP contribution in [0.1, 0.15) is 50.6 Å². The van der Waals surface area contributed by atoms with Gasteiger partial charge in [0, 0.05) is 48.1 Å². The van der Waals surface area contributed by atoms with Gasteiger partial charge in [-0.05, 0) is 44.2 Å². The van der Waals surface area contributed by atoms with Gasteiger partial charge in [0.05, 0.1) is 12.1 Å². The Balaban J connectivity index is 1.64. The number of carbonyl (C=O) groups excluding carboxylic acids is 3. The molecular formula is C27H34FN3O7S2. The Morgan fingerprint density at radius 2 is 1.88 bits per heavy atom. The molecule has 1 saturated heterocycles. The minimum atomic E-state index is -1.22. The monoisotopic (exact) mass is 595 g/mol. The van der Waals surface area contributed by atoms with E-state index in [0.29, 0.717) is 18.5 Å². The summed E-state index contributed by atoms with van der Waals surface area (Å²) in [6, 6.07) is 3.34. The highest BCUT2D eigenvalue weighted by Gasteiger charge is 2.41. The zero-order chi connectivity index (χ0) is 29.4. The van der Waals surface area contributed by atoms with Crippen LogP contribution >= 0.6 is 21.6 Å². The van der Waals surface area contributed by atoms with Gasteiger partial charge in [-0.1, -0.05) is 39.8 Å². The maximum Gasteiger partial charge on any atom is 0.328 e. The van der Waals surface area contributed by atoms with Crippen molar-refractivity contribution in [3.63, 3.8) is 0 Å². The fourth-order valence-electron chi connectivity index (χ4n) is 4.45. The molecule has 1 aromatic rings. The second kappa shape index (κ2) is 14.8. The number of carbonyl (C=O) groups is 5. The summed E-state index contributed by atoms with van der Waals surface area (Å²) in [5.74, 6) is -3.82. The SMILES string of the molecule is CC(=O)C(N)CCC(=O)NC(CSSC1CCN(C(C(=O)C2CC2)c2ccccc2F)C/C1=C/C(=O)O)C(=O)O. The van der Waals surface area contributed by atoms with E-state index >= 15 is 0 Å². The summed E-state index contributed by atoms with van der Waals surface area (Å²) in [5, 5.41) is 21.2. The van der Waals surface area contributed by atoms with Gasteiger partial charge in [-0.2, -0.15) is 0 Å². The van der Waals surface area contributed by atoms with Crippen molar-refractivity contribution in [1.82, 2.24) is 10.2 Å². The number of halogens is 1. The number of hydrogen-bond donors (Lipinski definition) is 4. The standard InChI is InChI=1S/C27H34FN3O7S2/c1-15(32)20(29)8-9-23(33)30-21(27(37)38)14-39-40-22-10-11-31(13-17(22)12-24(34)35)25(26(36)16-6-7-16)18-4-2-3-5-19(18)28/h2-5,12,16,20-22,25H,6-11,13-14,29H2,1H3,(H,30,33)(H,34,35)(H,37,38)/b17-12-. The number of nitrogens with zero attached hydrogens (tertiary/aromatic N) is 1. The van der Waals surface area contributed by atoms with Crippen molar-refractivity contribution in [1.29, 1.82) is 0 Å². The number of benzene rings is 1. The third-order valence-electron chi connectivity index (χ3n) is 6.86. The van der Waals surface area contributed by atoms with E-state index in [4.69, 9.17) is 5.73 Å². The first-order chi connectivity index (χ1) is 19.0. The number of carboxylic acid groups (broad SMARTS) is 2. The van der Waals surface area contributed by atoms with Crippen LogP contribution in [0.15, 0.2) is 35.9 Å². The second-order valence-corrected chi connectivity index (χ2v) is 12.6. The Bertz CT molecular complexity index is 1160. The largest absolute Gasteiger partial charge is 0.480 e. The number of likely N-dealkylation sites (tertiary alicyclic amines) is 1. The van der Waals surface area contributed by atoms with Crippen LogP contribution in [-0.4, -0.2) is 80.7 Å². The van der Waals surface area contributed by atoms with Crippen LogP contribution in [0, 0.1) is 11.7 Å². The molecule has 1 amide bonds. The lowest BCUT2D eigenvalue weighted by Gasteiger charge is -2.38. The van der Waals surface area contributed by atoms with Gasteiger partial charge in [0.1, 0.15) is 17.6 Å². The predicted molar refractivity (Wildman–Crippen MR) is 150 cm³/mol. The zero-order valence-corrected chi connectivity index (χ0v) is 23.7. The van der Waals surface area contributed by atoms with Crippen LogP contribution in [0.3, 0.4) is 0 Å². The number of nitrogens with one attached hydrogen (secondary N) is 1. The molecule has 2 fully saturated rings. The maximum atomic E-state index is 14.7. The fourth-order valence-corrected chi connectivity index (χ4v) is 7.32. The van der Waals surface area contributed by atoms with E-state index in [1.165, 1.54) is 34.6 Å². The molecule has 1 saturated carbocycles. The van der Waals surface area contributed by atoms with Crippen LogP contribution < -0.4 is 11.1 Å². The number of carboxylic acids is 2. The first kappa shape index (κ1) is 31.8. The molecule has 0 radical (unpaired) electrons. The van der Waals surface area contributed by atoms with Gasteiger partial charge in [0.15, 0.2) is 5.78 Å². The van der Waals surface area contributed by atoms with Gasteiger partial charge >= 0.3 is 11.9 Å². The second-order valence-electron chi connectivity index (χ2n) is 10.0. The van der Waals surface area contributed by atoms with Gasteiger partial charge in [0.25, 0.3) is 0 Å². The van der Waals surface area contributed by atoms with Crippen molar-refractivity contribution in [2.45, 2.75) is 62.4 Å². The number of ketones is 2. The summed E-state index contributed by atoms with van der Waals surface area (Å²) in [6.45, 7) is 1.89. The van der Waals surface area contributed by atoms with Crippen LogP contribution in [0.5, 0.6) is 0 Å². The molecule has 4 atom stereocenters. The molecule has 1 aromatic carbocycles. The Morgan fingerprint density at radius 1 is 1.18 bits per heavy atom. The number of rotatable bonds is 15. The molecule has 4 unspecified atom stereocenters. The molecule has 218 valence electrons. The number of hydrogen-bond acceptors (Lipinski definition) is 9. The molecule has 5 N–H and O–H groups in total. The molecule has 1 aliphatic carbocycles. The molecule has 1 aliphatic heterocycles. The molecule has 0 aromatic heterocycles. The third kappa shape index (κ3) is 9.15. The summed E-state index contributed by atoms with van der Waals surface area (Å²) in [4.78, 5) is 61.8. The van der Waals surface area contributed by atoms with Gasteiger partial charge in [-0.25, -0.2) is 14.0 Å². The quantitative estimate of drug-likeness (QED) is 0.174.